The molecule has 2 rings (SSSR count). The number of nitrogens with two attached hydrogens (primary N) is 1. The summed E-state index contributed by atoms with van der Waals surface area (Å²) in [6, 6.07) is 9.39. The minimum atomic E-state index is -0.866. The quantitative estimate of drug-likeness (QED) is 0.648. The number of amides is 2. The Morgan fingerprint density at radius 2 is 1.84 bits per heavy atom. The summed E-state index contributed by atoms with van der Waals surface area (Å²) >= 11 is 12.7. The molecule has 132 valence electrons. The first kappa shape index (κ1) is 19.8. The van der Waals surface area contributed by atoms with Crippen molar-refractivity contribution in [2.45, 2.75) is 12.5 Å². The van der Waals surface area contributed by atoms with Crippen molar-refractivity contribution in [3.8, 4) is 5.75 Å². The number of hydrogen-bond acceptors (Lipinski definition) is 3. The Labute approximate surface area is 167 Å². The van der Waals surface area contributed by atoms with Crippen LogP contribution >= 0.6 is 43.5 Å². The molecule has 3 N–H and O–H groups in total. The highest BCUT2D eigenvalue weighted by Gasteiger charge is 2.20. The van der Waals surface area contributed by atoms with Gasteiger partial charge in [-0.25, -0.2) is 0 Å². The largest absolute Gasteiger partial charge is 0.495 e. The molecule has 1 atom stereocenters. The van der Waals surface area contributed by atoms with Crippen LogP contribution < -0.4 is 15.8 Å². The molecule has 0 saturated carbocycles. The lowest BCUT2D eigenvalue weighted by atomic mass is 10.0. The van der Waals surface area contributed by atoms with Gasteiger partial charge in [0.25, 0.3) is 5.91 Å². The molecular weight excluding hydrogens is 475 g/mol. The van der Waals surface area contributed by atoms with Crippen LogP contribution in [0.4, 0.5) is 0 Å². The zero-order valence-corrected chi connectivity index (χ0v) is 17.1. The van der Waals surface area contributed by atoms with Crippen molar-refractivity contribution in [2.24, 2.45) is 5.73 Å². The van der Waals surface area contributed by atoms with Crippen molar-refractivity contribution in [2.75, 3.05) is 7.11 Å². The van der Waals surface area contributed by atoms with Crippen LogP contribution in [0.3, 0.4) is 0 Å². The molecule has 0 unspecified atom stereocenters. The summed E-state index contributed by atoms with van der Waals surface area (Å²) in [6.07, 6.45) is 0.222. The average molecular weight is 491 g/mol. The predicted molar refractivity (Wildman–Crippen MR) is 104 cm³/mol. The number of nitrogens with one attached hydrogen (secondary N) is 1. The van der Waals surface area contributed by atoms with E-state index >= 15 is 0 Å². The predicted octanol–water partition coefficient (Wildman–Crippen LogP) is 3.70. The highest BCUT2D eigenvalue weighted by molar-refractivity contribution is 9.11. The minimum Gasteiger partial charge on any atom is -0.495 e. The fraction of sp³-hybridized carbons (Fsp3) is 0.176. The molecule has 5 nitrogen and oxygen atoms in total. The third kappa shape index (κ3) is 5.45. The van der Waals surface area contributed by atoms with E-state index in [0.717, 1.165) is 14.5 Å². The first-order valence-corrected chi connectivity index (χ1v) is 9.15. The van der Waals surface area contributed by atoms with Crippen LogP contribution in [0.5, 0.6) is 5.75 Å². The zero-order chi connectivity index (χ0) is 18.6. The fourth-order valence-electron chi connectivity index (χ4n) is 2.22. The molecule has 2 aromatic rings. The Kier molecular flexibility index (Phi) is 6.87. The summed E-state index contributed by atoms with van der Waals surface area (Å²) < 4.78 is 6.58. The van der Waals surface area contributed by atoms with Gasteiger partial charge in [0.15, 0.2) is 0 Å². The van der Waals surface area contributed by atoms with Crippen molar-refractivity contribution in [1.82, 2.24) is 5.32 Å². The lowest BCUT2D eigenvalue weighted by Gasteiger charge is -2.16. The second-order valence-corrected chi connectivity index (χ2v) is 7.50. The molecule has 2 aromatic carbocycles. The van der Waals surface area contributed by atoms with Gasteiger partial charge in [0.1, 0.15) is 11.8 Å². The van der Waals surface area contributed by atoms with Gasteiger partial charge < -0.3 is 15.8 Å². The van der Waals surface area contributed by atoms with Gasteiger partial charge in [-0.2, -0.15) is 0 Å². The van der Waals surface area contributed by atoms with E-state index in [4.69, 9.17) is 22.1 Å². The number of rotatable bonds is 6. The molecule has 0 bridgehead atoms. The molecule has 0 aromatic heterocycles. The van der Waals surface area contributed by atoms with Gasteiger partial charge in [-0.1, -0.05) is 49.5 Å². The lowest BCUT2D eigenvalue weighted by Crippen LogP contribution is -2.45. The molecule has 0 spiro atoms. The third-order valence-corrected chi connectivity index (χ3v) is 4.64. The first-order chi connectivity index (χ1) is 11.8. The molecule has 0 aliphatic rings. The van der Waals surface area contributed by atoms with Gasteiger partial charge in [-0.15, -0.1) is 0 Å². The van der Waals surface area contributed by atoms with Crippen LogP contribution in [0.25, 0.3) is 0 Å². The Bertz CT molecular complexity index is 794. The first-order valence-electron chi connectivity index (χ1n) is 7.19. The second-order valence-electron chi connectivity index (χ2n) is 5.26. The normalized spacial score (nSPS) is 11.7. The maximum atomic E-state index is 12.4. The van der Waals surface area contributed by atoms with Crippen LogP contribution in [0.15, 0.2) is 45.3 Å². The van der Waals surface area contributed by atoms with Crippen LogP contribution in [0, 0.1) is 0 Å². The molecule has 0 saturated heterocycles. The van der Waals surface area contributed by atoms with E-state index < -0.39 is 17.9 Å². The summed E-state index contributed by atoms with van der Waals surface area (Å²) in [7, 11) is 1.52. The van der Waals surface area contributed by atoms with Crippen molar-refractivity contribution in [1.29, 1.82) is 0 Å². The fourth-order valence-corrected chi connectivity index (χ4v) is 3.80. The van der Waals surface area contributed by atoms with E-state index in [-0.39, 0.29) is 6.42 Å². The molecule has 0 heterocycles. The number of benzene rings is 2. The molecule has 0 fully saturated rings. The maximum Gasteiger partial charge on any atom is 0.252 e. The van der Waals surface area contributed by atoms with Crippen LogP contribution in [-0.2, 0) is 11.2 Å². The summed E-state index contributed by atoms with van der Waals surface area (Å²) in [5, 5.41) is 3.08. The zero-order valence-electron chi connectivity index (χ0n) is 13.2. The minimum absolute atomic E-state index is 0.222. The average Bonchev–Trinajstić information content (AvgIpc) is 2.53. The number of methoxy groups -OCH3 is 1. The van der Waals surface area contributed by atoms with Gasteiger partial charge >= 0.3 is 0 Å². The van der Waals surface area contributed by atoms with E-state index in [1.54, 1.807) is 30.3 Å². The summed E-state index contributed by atoms with van der Waals surface area (Å²) in [6.45, 7) is 0. The Morgan fingerprint density at radius 3 is 2.36 bits per heavy atom. The van der Waals surface area contributed by atoms with Crippen molar-refractivity contribution in [3.05, 3.63) is 61.5 Å². The SMILES string of the molecule is COc1ccc(C[C@@H](NC(=O)c2cc(Br)cc(Br)c2)C(N)=O)cc1Cl. The Balaban J connectivity index is 2.16. The maximum absolute atomic E-state index is 12.4. The van der Waals surface area contributed by atoms with Crippen LogP contribution in [0.1, 0.15) is 15.9 Å². The number of hydrogen-bond donors (Lipinski definition) is 2. The molecular formula is C17H15Br2ClN2O3. The van der Waals surface area contributed by atoms with Gasteiger partial charge in [-0.05, 0) is 35.9 Å². The monoisotopic (exact) mass is 488 g/mol. The van der Waals surface area contributed by atoms with Crippen LogP contribution in [0.2, 0.25) is 5.02 Å². The van der Waals surface area contributed by atoms with E-state index in [9.17, 15) is 9.59 Å². The molecule has 0 aliphatic carbocycles. The van der Waals surface area contributed by atoms with Gasteiger partial charge in [0.05, 0.1) is 12.1 Å². The number of carbonyl (C=O) groups is 2. The smallest absolute Gasteiger partial charge is 0.252 e. The van der Waals surface area contributed by atoms with E-state index in [1.165, 1.54) is 7.11 Å². The Morgan fingerprint density at radius 1 is 1.20 bits per heavy atom. The Hall–Kier alpha value is -1.57. The van der Waals surface area contributed by atoms with Crippen molar-refractivity contribution in [3.63, 3.8) is 0 Å². The molecule has 2 amide bonds. The third-order valence-electron chi connectivity index (χ3n) is 3.43. The van der Waals surface area contributed by atoms with Gasteiger partial charge in [0.2, 0.25) is 5.91 Å². The standard InChI is InChI=1S/C17H15Br2ClN2O3/c1-25-15-3-2-9(4-13(15)20)5-14(16(21)23)22-17(24)10-6-11(18)8-12(19)7-10/h2-4,6-8,14H,5H2,1H3,(H2,21,23)(H,22,24)/t14-/m1/s1. The summed E-state index contributed by atoms with van der Waals surface area (Å²) in [5.41, 5.74) is 6.59. The molecule has 0 radical (unpaired) electrons. The second kappa shape index (κ2) is 8.69. The van der Waals surface area contributed by atoms with Crippen LogP contribution in [-0.4, -0.2) is 25.0 Å². The van der Waals surface area contributed by atoms with E-state index in [2.05, 4.69) is 37.2 Å². The highest BCUT2D eigenvalue weighted by atomic mass is 79.9. The number of primary amides is 1. The molecule has 8 heteroatoms. The van der Waals surface area contributed by atoms with E-state index in [1.807, 2.05) is 6.07 Å². The van der Waals surface area contributed by atoms with Gasteiger partial charge in [-0.3, -0.25) is 9.59 Å². The van der Waals surface area contributed by atoms with Gasteiger partial charge in [0, 0.05) is 20.9 Å². The van der Waals surface area contributed by atoms with Crippen molar-refractivity contribution < 1.29 is 14.3 Å². The topological polar surface area (TPSA) is 81.4 Å². The molecule has 0 aliphatic heterocycles. The van der Waals surface area contributed by atoms with E-state index in [0.29, 0.717) is 16.3 Å². The lowest BCUT2D eigenvalue weighted by molar-refractivity contribution is -0.119. The highest BCUT2D eigenvalue weighted by Crippen LogP contribution is 2.25. The summed E-state index contributed by atoms with van der Waals surface area (Å²) in [4.78, 5) is 24.2. The molecule has 25 heavy (non-hydrogen) atoms. The summed E-state index contributed by atoms with van der Waals surface area (Å²) in [5.74, 6) is -0.496. The number of carbonyl (C=O) groups excluding carboxylic acids is 2. The van der Waals surface area contributed by atoms with Crippen molar-refractivity contribution >= 4 is 55.3 Å². The number of ether oxygens (including phenoxy) is 1. The number of halogens is 3.